The molecule has 1 fully saturated rings. The summed E-state index contributed by atoms with van der Waals surface area (Å²) in [5, 5.41) is 13.9. The molecule has 0 aliphatic carbocycles. The molecule has 0 bridgehead atoms. The number of likely N-dealkylation sites (tertiary alicyclic amines) is 1. The van der Waals surface area contributed by atoms with Crippen molar-refractivity contribution in [1.29, 1.82) is 0 Å². The molecule has 1 saturated heterocycles. The van der Waals surface area contributed by atoms with Gasteiger partial charge >= 0.3 is 0 Å². The number of aliphatic hydroxyl groups is 1. The summed E-state index contributed by atoms with van der Waals surface area (Å²) in [5.41, 5.74) is 0. The second kappa shape index (κ2) is 8.06. The van der Waals surface area contributed by atoms with Gasteiger partial charge in [0.15, 0.2) is 10.6 Å². The van der Waals surface area contributed by atoms with Gasteiger partial charge in [0.05, 0.1) is 6.67 Å². The van der Waals surface area contributed by atoms with E-state index in [4.69, 9.17) is 12.2 Å². The van der Waals surface area contributed by atoms with Crippen LogP contribution < -0.4 is 0 Å². The number of rotatable bonds is 7. The quantitative estimate of drug-likeness (QED) is 0.787. The Balaban J connectivity index is 2.07. The van der Waals surface area contributed by atoms with Crippen LogP contribution >= 0.6 is 12.2 Å². The highest BCUT2D eigenvalue weighted by molar-refractivity contribution is 7.71. The molecule has 0 radical (unpaired) electrons. The van der Waals surface area contributed by atoms with Crippen molar-refractivity contribution in [3.8, 4) is 0 Å². The summed E-state index contributed by atoms with van der Waals surface area (Å²) >= 11 is 5.52. The van der Waals surface area contributed by atoms with E-state index < -0.39 is 0 Å². The van der Waals surface area contributed by atoms with E-state index in [0.717, 1.165) is 43.4 Å². The van der Waals surface area contributed by atoms with Gasteiger partial charge in [-0.2, -0.15) is 5.10 Å². The zero-order chi connectivity index (χ0) is 15.2. The summed E-state index contributed by atoms with van der Waals surface area (Å²) in [6, 6.07) is 0. The van der Waals surface area contributed by atoms with E-state index in [1.165, 1.54) is 25.7 Å². The molecule has 2 heterocycles. The molecule has 21 heavy (non-hydrogen) atoms. The van der Waals surface area contributed by atoms with Gasteiger partial charge in [0, 0.05) is 13.1 Å². The molecule has 0 saturated carbocycles. The lowest BCUT2D eigenvalue weighted by Gasteiger charge is -2.32. The van der Waals surface area contributed by atoms with Crippen LogP contribution in [0, 0.1) is 10.7 Å². The van der Waals surface area contributed by atoms with Gasteiger partial charge in [0.2, 0.25) is 0 Å². The van der Waals surface area contributed by atoms with Crippen molar-refractivity contribution in [3.05, 3.63) is 10.6 Å². The Labute approximate surface area is 132 Å². The van der Waals surface area contributed by atoms with E-state index in [-0.39, 0.29) is 6.61 Å². The maximum absolute atomic E-state index is 9.44. The molecule has 1 aliphatic rings. The third-order valence-electron chi connectivity index (χ3n) is 4.22. The first kappa shape index (κ1) is 16.6. The fourth-order valence-corrected chi connectivity index (χ4v) is 3.55. The first-order valence-corrected chi connectivity index (χ1v) is 8.60. The maximum atomic E-state index is 9.44. The van der Waals surface area contributed by atoms with E-state index >= 15 is 0 Å². The summed E-state index contributed by atoms with van der Waals surface area (Å²) in [4.78, 5) is 2.45. The predicted molar refractivity (Wildman–Crippen MR) is 86.5 cm³/mol. The Morgan fingerprint density at radius 3 is 2.81 bits per heavy atom. The predicted octanol–water partition coefficient (Wildman–Crippen LogP) is 2.79. The summed E-state index contributed by atoms with van der Waals surface area (Å²) in [6.45, 7) is 8.17. The van der Waals surface area contributed by atoms with Crippen molar-refractivity contribution in [3.63, 3.8) is 0 Å². The topological polar surface area (TPSA) is 46.2 Å². The molecule has 1 aliphatic heterocycles. The lowest BCUT2D eigenvalue weighted by Crippen LogP contribution is -2.37. The molecule has 1 unspecified atom stereocenters. The SMILES string of the molecule is CCCC1CCCN(Cn2nc(CO)n(CCC)c2=S)C1. The minimum absolute atomic E-state index is 0.0465. The number of hydrogen-bond acceptors (Lipinski definition) is 4. The zero-order valence-corrected chi connectivity index (χ0v) is 14.1. The first-order chi connectivity index (χ1) is 10.2. The number of aromatic nitrogens is 3. The van der Waals surface area contributed by atoms with Crippen molar-refractivity contribution in [2.45, 2.75) is 65.8 Å². The molecular formula is C15H28N4OS. The molecule has 1 aromatic rings. The van der Waals surface area contributed by atoms with Crippen molar-refractivity contribution in [2.75, 3.05) is 13.1 Å². The van der Waals surface area contributed by atoms with Gasteiger partial charge < -0.3 is 9.67 Å². The van der Waals surface area contributed by atoms with Gasteiger partial charge in [-0.25, -0.2) is 4.68 Å². The molecule has 1 aromatic heterocycles. The highest BCUT2D eigenvalue weighted by Gasteiger charge is 2.20. The van der Waals surface area contributed by atoms with Gasteiger partial charge in [0.25, 0.3) is 0 Å². The van der Waals surface area contributed by atoms with Gasteiger partial charge in [-0.05, 0) is 50.4 Å². The third-order valence-corrected chi connectivity index (χ3v) is 4.65. The van der Waals surface area contributed by atoms with Crippen LogP contribution in [0.4, 0.5) is 0 Å². The largest absolute Gasteiger partial charge is 0.388 e. The average molecular weight is 312 g/mol. The van der Waals surface area contributed by atoms with E-state index in [2.05, 4.69) is 23.8 Å². The lowest BCUT2D eigenvalue weighted by molar-refractivity contribution is 0.125. The third kappa shape index (κ3) is 4.14. The second-order valence-corrected chi connectivity index (χ2v) is 6.39. The minimum atomic E-state index is -0.0465. The highest BCUT2D eigenvalue weighted by Crippen LogP contribution is 2.21. The normalized spacial score (nSPS) is 20.0. The summed E-state index contributed by atoms with van der Waals surface area (Å²) in [7, 11) is 0. The standard InChI is InChI=1S/C15H28N4OS/c1-3-6-13-7-5-9-17(10-13)12-19-15(21)18(8-4-2)14(11-20)16-19/h13,20H,3-12H2,1-2H3. The van der Waals surface area contributed by atoms with E-state index in [1.54, 1.807) is 0 Å². The monoisotopic (exact) mass is 312 g/mol. The van der Waals surface area contributed by atoms with Crippen molar-refractivity contribution >= 4 is 12.2 Å². The molecule has 2 rings (SSSR count). The molecule has 0 aromatic carbocycles. The summed E-state index contributed by atoms with van der Waals surface area (Å²) < 4.78 is 4.58. The van der Waals surface area contributed by atoms with Crippen LogP contribution in [0.2, 0.25) is 0 Å². The Morgan fingerprint density at radius 1 is 1.33 bits per heavy atom. The Bertz CT molecular complexity index is 494. The maximum Gasteiger partial charge on any atom is 0.199 e. The minimum Gasteiger partial charge on any atom is -0.388 e. The van der Waals surface area contributed by atoms with Gasteiger partial charge in [-0.15, -0.1) is 0 Å². The lowest BCUT2D eigenvalue weighted by atomic mass is 9.94. The van der Waals surface area contributed by atoms with Crippen LogP contribution in [0.25, 0.3) is 0 Å². The van der Waals surface area contributed by atoms with Crippen LogP contribution in [0.3, 0.4) is 0 Å². The first-order valence-electron chi connectivity index (χ1n) is 8.19. The van der Waals surface area contributed by atoms with Crippen LogP contribution in [-0.4, -0.2) is 37.4 Å². The van der Waals surface area contributed by atoms with E-state index in [1.807, 2.05) is 9.25 Å². The molecular weight excluding hydrogens is 284 g/mol. The van der Waals surface area contributed by atoms with E-state index in [0.29, 0.717) is 5.82 Å². The van der Waals surface area contributed by atoms with Gasteiger partial charge in [-0.3, -0.25) is 4.90 Å². The fraction of sp³-hybridized carbons (Fsp3) is 0.867. The molecule has 1 atom stereocenters. The Kier molecular flexibility index (Phi) is 6.39. The number of aliphatic hydroxyl groups excluding tert-OH is 1. The number of piperidine rings is 1. The van der Waals surface area contributed by atoms with Gasteiger partial charge in [0.1, 0.15) is 6.61 Å². The van der Waals surface area contributed by atoms with Crippen molar-refractivity contribution < 1.29 is 5.11 Å². The summed E-state index contributed by atoms with van der Waals surface area (Å²) in [6.07, 6.45) is 6.18. The molecule has 1 N–H and O–H groups in total. The van der Waals surface area contributed by atoms with Crippen LogP contribution in [0.5, 0.6) is 0 Å². The molecule has 6 heteroatoms. The summed E-state index contributed by atoms with van der Waals surface area (Å²) in [5.74, 6) is 1.50. The fourth-order valence-electron chi connectivity index (χ4n) is 3.26. The number of nitrogens with zero attached hydrogens (tertiary/aromatic N) is 4. The van der Waals surface area contributed by atoms with Crippen LogP contribution in [0.1, 0.15) is 51.8 Å². The molecule has 0 amide bonds. The molecule has 5 nitrogen and oxygen atoms in total. The van der Waals surface area contributed by atoms with Gasteiger partial charge in [-0.1, -0.05) is 20.3 Å². The zero-order valence-electron chi connectivity index (χ0n) is 13.3. The van der Waals surface area contributed by atoms with Crippen molar-refractivity contribution in [2.24, 2.45) is 5.92 Å². The molecule has 120 valence electrons. The molecule has 0 spiro atoms. The van der Waals surface area contributed by atoms with Crippen LogP contribution in [-0.2, 0) is 19.8 Å². The second-order valence-electron chi connectivity index (χ2n) is 6.02. The number of hydrogen-bond donors (Lipinski definition) is 1. The van der Waals surface area contributed by atoms with E-state index in [9.17, 15) is 5.11 Å². The van der Waals surface area contributed by atoms with Crippen molar-refractivity contribution in [1.82, 2.24) is 19.2 Å². The highest BCUT2D eigenvalue weighted by atomic mass is 32.1. The average Bonchev–Trinajstić information content (AvgIpc) is 2.77. The Morgan fingerprint density at radius 2 is 2.14 bits per heavy atom. The van der Waals surface area contributed by atoms with Crippen LogP contribution in [0.15, 0.2) is 0 Å². The Hall–Kier alpha value is -0.720. The smallest absolute Gasteiger partial charge is 0.199 e.